The normalized spacial score (nSPS) is 12.6. The first-order chi connectivity index (χ1) is 9.19. The SMILES string of the molecule is CCC(Nc1cccc(Cn2ccnc2)c1)C(C)C. The lowest BCUT2D eigenvalue weighted by Crippen LogP contribution is -2.24. The van der Waals surface area contributed by atoms with Gasteiger partial charge in [0.1, 0.15) is 0 Å². The molecule has 1 aromatic heterocycles. The van der Waals surface area contributed by atoms with Gasteiger partial charge in [0.25, 0.3) is 0 Å². The molecule has 0 saturated heterocycles. The number of benzene rings is 1. The summed E-state index contributed by atoms with van der Waals surface area (Å²) in [4.78, 5) is 4.07. The lowest BCUT2D eigenvalue weighted by molar-refractivity contribution is 0.511. The van der Waals surface area contributed by atoms with E-state index in [1.54, 1.807) is 0 Å². The zero-order chi connectivity index (χ0) is 13.7. The van der Waals surface area contributed by atoms with Crippen LogP contribution in [0.15, 0.2) is 43.0 Å². The van der Waals surface area contributed by atoms with E-state index in [4.69, 9.17) is 0 Å². The van der Waals surface area contributed by atoms with Crippen LogP contribution >= 0.6 is 0 Å². The Morgan fingerprint density at radius 1 is 1.32 bits per heavy atom. The zero-order valence-corrected chi connectivity index (χ0v) is 12.0. The van der Waals surface area contributed by atoms with Gasteiger partial charge in [0.05, 0.1) is 6.33 Å². The van der Waals surface area contributed by atoms with E-state index in [9.17, 15) is 0 Å². The molecule has 19 heavy (non-hydrogen) atoms. The lowest BCUT2D eigenvalue weighted by atomic mass is 10.0. The van der Waals surface area contributed by atoms with E-state index in [2.05, 4.69) is 59.9 Å². The van der Waals surface area contributed by atoms with Crippen molar-refractivity contribution < 1.29 is 0 Å². The van der Waals surface area contributed by atoms with Crippen LogP contribution in [0.5, 0.6) is 0 Å². The average molecular weight is 257 g/mol. The highest BCUT2D eigenvalue weighted by atomic mass is 15.0. The molecule has 1 heterocycles. The van der Waals surface area contributed by atoms with Crippen LogP contribution < -0.4 is 5.32 Å². The van der Waals surface area contributed by atoms with Gasteiger partial charge in [-0.3, -0.25) is 0 Å². The molecule has 2 aromatic rings. The third-order valence-corrected chi connectivity index (χ3v) is 3.45. The van der Waals surface area contributed by atoms with Crippen molar-refractivity contribution in [2.45, 2.75) is 39.8 Å². The first kappa shape index (κ1) is 13.7. The van der Waals surface area contributed by atoms with Crippen molar-refractivity contribution in [3.8, 4) is 0 Å². The molecule has 0 aliphatic rings. The number of nitrogens with zero attached hydrogens (tertiary/aromatic N) is 2. The summed E-state index contributed by atoms with van der Waals surface area (Å²) in [5, 5.41) is 3.62. The summed E-state index contributed by atoms with van der Waals surface area (Å²) in [6.45, 7) is 7.62. The Morgan fingerprint density at radius 3 is 2.79 bits per heavy atom. The second kappa shape index (κ2) is 6.41. The summed E-state index contributed by atoms with van der Waals surface area (Å²) in [5.41, 5.74) is 2.50. The highest BCUT2D eigenvalue weighted by molar-refractivity contribution is 5.46. The molecule has 0 fully saturated rings. The topological polar surface area (TPSA) is 29.9 Å². The quantitative estimate of drug-likeness (QED) is 0.853. The van der Waals surface area contributed by atoms with Crippen molar-refractivity contribution in [1.82, 2.24) is 9.55 Å². The fourth-order valence-corrected chi connectivity index (χ4v) is 2.30. The van der Waals surface area contributed by atoms with Gasteiger partial charge in [-0.15, -0.1) is 0 Å². The fourth-order valence-electron chi connectivity index (χ4n) is 2.30. The maximum Gasteiger partial charge on any atom is 0.0949 e. The third-order valence-electron chi connectivity index (χ3n) is 3.45. The molecule has 0 saturated carbocycles. The summed E-state index contributed by atoms with van der Waals surface area (Å²) in [7, 11) is 0. The van der Waals surface area contributed by atoms with Gasteiger partial charge in [-0.25, -0.2) is 4.98 Å². The number of nitrogens with one attached hydrogen (secondary N) is 1. The molecule has 2 rings (SSSR count). The second-order valence-corrected chi connectivity index (χ2v) is 5.34. The van der Waals surface area contributed by atoms with E-state index >= 15 is 0 Å². The van der Waals surface area contributed by atoms with Crippen LogP contribution in [0.2, 0.25) is 0 Å². The summed E-state index contributed by atoms with van der Waals surface area (Å²) in [6.07, 6.45) is 6.80. The Morgan fingerprint density at radius 2 is 2.16 bits per heavy atom. The minimum atomic E-state index is 0.531. The van der Waals surface area contributed by atoms with E-state index in [1.807, 2.05) is 18.7 Å². The van der Waals surface area contributed by atoms with E-state index in [-0.39, 0.29) is 0 Å². The number of rotatable bonds is 6. The zero-order valence-electron chi connectivity index (χ0n) is 12.0. The fraction of sp³-hybridized carbons (Fsp3) is 0.438. The van der Waals surface area contributed by atoms with E-state index in [0.29, 0.717) is 12.0 Å². The molecule has 1 N–H and O–H groups in total. The van der Waals surface area contributed by atoms with Gasteiger partial charge in [-0.2, -0.15) is 0 Å². The number of aromatic nitrogens is 2. The molecule has 1 unspecified atom stereocenters. The number of hydrogen-bond acceptors (Lipinski definition) is 2. The molecule has 1 atom stereocenters. The summed E-state index contributed by atoms with van der Waals surface area (Å²) < 4.78 is 2.08. The minimum absolute atomic E-state index is 0.531. The number of anilines is 1. The molecular formula is C16H23N3. The van der Waals surface area contributed by atoms with Gasteiger partial charge in [-0.1, -0.05) is 32.9 Å². The molecule has 0 radical (unpaired) electrons. The van der Waals surface area contributed by atoms with Crippen LogP contribution in [0.25, 0.3) is 0 Å². The molecule has 1 aromatic carbocycles. The molecule has 3 nitrogen and oxygen atoms in total. The maximum absolute atomic E-state index is 4.07. The first-order valence-corrected chi connectivity index (χ1v) is 7.00. The van der Waals surface area contributed by atoms with Crippen molar-refractivity contribution in [3.63, 3.8) is 0 Å². The molecule has 0 bridgehead atoms. The van der Waals surface area contributed by atoms with Crippen molar-refractivity contribution in [3.05, 3.63) is 48.5 Å². The van der Waals surface area contributed by atoms with Crippen molar-refractivity contribution in [2.75, 3.05) is 5.32 Å². The van der Waals surface area contributed by atoms with Crippen molar-refractivity contribution >= 4 is 5.69 Å². The number of imidazole rings is 1. The summed E-state index contributed by atoms with van der Waals surface area (Å²) >= 11 is 0. The Balaban J connectivity index is 2.06. The lowest BCUT2D eigenvalue weighted by Gasteiger charge is -2.22. The molecule has 0 amide bonds. The van der Waals surface area contributed by atoms with Crippen LogP contribution in [0, 0.1) is 5.92 Å². The second-order valence-electron chi connectivity index (χ2n) is 5.34. The largest absolute Gasteiger partial charge is 0.382 e. The van der Waals surface area contributed by atoms with Crippen LogP contribution in [0.4, 0.5) is 5.69 Å². The summed E-state index contributed by atoms with van der Waals surface area (Å²) in [5.74, 6) is 0.641. The van der Waals surface area contributed by atoms with E-state index < -0.39 is 0 Å². The van der Waals surface area contributed by atoms with E-state index in [1.165, 1.54) is 11.3 Å². The standard InChI is InChI=1S/C16H23N3/c1-4-16(13(2)3)18-15-7-5-6-14(10-15)11-19-9-8-17-12-19/h5-10,12-13,16,18H,4,11H2,1-3H3. The molecular weight excluding hydrogens is 234 g/mol. The average Bonchev–Trinajstić information content (AvgIpc) is 2.89. The molecule has 0 spiro atoms. The minimum Gasteiger partial charge on any atom is -0.382 e. The highest BCUT2D eigenvalue weighted by Gasteiger charge is 2.10. The predicted octanol–water partition coefficient (Wildman–Crippen LogP) is 3.78. The van der Waals surface area contributed by atoms with Crippen LogP contribution in [-0.4, -0.2) is 15.6 Å². The van der Waals surface area contributed by atoms with Gasteiger partial charge in [0, 0.05) is 30.7 Å². The van der Waals surface area contributed by atoms with E-state index in [0.717, 1.165) is 13.0 Å². The van der Waals surface area contributed by atoms with Crippen molar-refractivity contribution in [2.24, 2.45) is 5.92 Å². The summed E-state index contributed by atoms with van der Waals surface area (Å²) in [6, 6.07) is 9.17. The van der Waals surface area contributed by atoms with Crippen LogP contribution in [-0.2, 0) is 6.54 Å². The molecule has 0 aliphatic heterocycles. The molecule has 102 valence electrons. The molecule has 0 aliphatic carbocycles. The molecule has 3 heteroatoms. The Kier molecular flexibility index (Phi) is 4.61. The maximum atomic E-state index is 4.07. The number of hydrogen-bond donors (Lipinski definition) is 1. The monoisotopic (exact) mass is 257 g/mol. The predicted molar refractivity (Wildman–Crippen MR) is 80.3 cm³/mol. The highest BCUT2D eigenvalue weighted by Crippen LogP contribution is 2.17. The Labute approximate surface area is 115 Å². The Bertz CT molecular complexity index is 488. The van der Waals surface area contributed by atoms with Gasteiger partial charge in [0.15, 0.2) is 0 Å². The van der Waals surface area contributed by atoms with Gasteiger partial charge < -0.3 is 9.88 Å². The Hall–Kier alpha value is -1.77. The van der Waals surface area contributed by atoms with Crippen LogP contribution in [0.1, 0.15) is 32.8 Å². The van der Waals surface area contributed by atoms with Gasteiger partial charge in [0.2, 0.25) is 0 Å². The first-order valence-electron chi connectivity index (χ1n) is 7.00. The third kappa shape index (κ3) is 3.85. The van der Waals surface area contributed by atoms with Gasteiger partial charge in [-0.05, 0) is 30.0 Å². The smallest absolute Gasteiger partial charge is 0.0949 e. The van der Waals surface area contributed by atoms with Crippen molar-refractivity contribution in [1.29, 1.82) is 0 Å². The van der Waals surface area contributed by atoms with Crippen LogP contribution in [0.3, 0.4) is 0 Å². The van der Waals surface area contributed by atoms with Gasteiger partial charge >= 0.3 is 0 Å².